The number of hydrogen-bond donors (Lipinski definition) is 3. The summed E-state index contributed by atoms with van der Waals surface area (Å²) in [7, 11) is -3.69. The van der Waals surface area contributed by atoms with Gasteiger partial charge in [-0.3, -0.25) is 0 Å². The number of aliphatic imine (C=N–C) groups is 1. The van der Waals surface area contributed by atoms with E-state index in [9.17, 15) is 8.42 Å². The maximum Gasteiger partial charge on any atom is 0.238 e. The predicted molar refractivity (Wildman–Crippen MR) is 126 cm³/mol. The highest BCUT2D eigenvalue weighted by molar-refractivity contribution is 14.0. The van der Waals surface area contributed by atoms with Crippen LogP contribution in [0, 0.1) is 0 Å². The third kappa shape index (κ3) is 9.53. The van der Waals surface area contributed by atoms with E-state index in [0.717, 1.165) is 37.6 Å². The summed E-state index contributed by atoms with van der Waals surface area (Å²) >= 11 is 0. The van der Waals surface area contributed by atoms with E-state index >= 15 is 0 Å². The van der Waals surface area contributed by atoms with E-state index in [0.29, 0.717) is 6.54 Å². The number of benzene rings is 1. The number of guanidine groups is 1. The minimum Gasteiger partial charge on any atom is -0.357 e. The van der Waals surface area contributed by atoms with E-state index < -0.39 is 10.0 Å². The Kier molecular flexibility index (Phi) is 12.0. The van der Waals surface area contributed by atoms with Gasteiger partial charge in [-0.15, -0.1) is 24.0 Å². The topological polar surface area (TPSA) is 99.8 Å². The fourth-order valence-corrected chi connectivity index (χ4v) is 3.79. The first kappa shape index (κ1) is 25.1. The Morgan fingerprint density at radius 2 is 1.89 bits per heavy atom. The molecule has 0 unspecified atom stereocenters. The summed E-state index contributed by atoms with van der Waals surface area (Å²) in [5.41, 5.74) is 0.809. The summed E-state index contributed by atoms with van der Waals surface area (Å²) in [5, 5.41) is 11.8. The molecule has 1 saturated heterocycles. The van der Waals surface area contributed by atoms with Gasteiger partial charge in [-0.05, 0) is 63.5 Å². The molecule has 0 amide bonds. The molecule has 1 aliphatic rings. The third-order valence-electron chi connectivity index (χ3n) is 4.63. The molecule has 2 rings (SSSR count). The molecule has 28 heavy (non-hydrogen) atoms. The Morgan fingerprint density at radius 3 is 2.54 bits per heavy atom. The summed E-state index contributed by atoms with van der Waals surface area (Å²) in [6.07, 6.45) is 6.42. The van der Waals surface area contributed by atoms with Crippen LogP contribution in [0.15, 0.2) is 34.2 Å². The lowest BCUT2D eigenvalue weighted by Crippen LogP contribution is -2.39. The van der Waals surface area contributed by atoms with Crippen LogP contribution in [0.3, 0.4) is 0 Å². The highest BCUT2D eigenvalue weighted by Crippen LogP contribution is 2.11. The smallest absolute Gasteiger partial charge is 0.238 e. The van der Waals surface area contributed by atoms with Crippen molar-refractivity contribution in [3.05, 3.63) is 29.8 Å². The monoisotopic (exact) mass is 523 g/mol. The second-order valence-electron chi connectivity index (χ2n) is 6.92. The van der Waals surface area contributed by atoms with Gasteiger partial charge in [0.2, 0.25) is 10.0 Å². The normalized spacial score (nSPS) is 16.1. The molecule has 1 aromatic rings. The minimum atomic E-state index is -3.69. The Morgan fingerprint density at radius 1 is 1.18 bits per heavy atom. The van der Waals surface area contributed by atoms with Gasteiger partial charge in [0, 0.05) is 13.1 Å². The van der Waals surface area contributed by atoms with Crippen LogP contribution >= 0.6 is 24.0 Å². The van der Waals surface area contributed by atoms with Crippen molar-refractivity contribution >= 4 is 40.0 Å². The van der Waals surface area contributed by atoms with Gasteiger partial charge in [-0.2, -0.15) is 0 Å². The van der Waals surface area contributed by atoms with Gasteiger partial charge in [0.15, 0.2) is 5.96 Å². The fourth-order valence-electron chi connectivity index (χ4n) is 3.20. The molecule has 7 nitrogen and oxygen atoms in total. The summed E-state index contributed by atoms with van der Waals surface area (Å²) in [6, 6.07) is 6.60. The Labute approximate surface area is 186 Å². The molecule has 0 aliphatic carbocycles. The third-order valence-corrected chi connectivity index (χ3v) is 5.54. The van der Waals surface area contributed by atoms with Gasteiger partial charge in [-0.1, -0.05) is 25.0 Å². The van der Waals surface area contributed by atoms with Crippen LogP contribution in [0.4, 0.5) is 0 Å². The Balaban J connectivity index is 0.00000392. The molecule has 160 valence electrons. The van der Waals surface area contributed by atoms with Crippen LogP contribution in [0.1, 0.15) is 44.6 Å². The fraction of sp³-hybridized carbons (Fsp3) is 0.632. The molecule has 0 atom stereocenters. The number of sulfonamides is 1. The van der Waals surface area contributed by atoms with Crippen molar-refractivity contribution in [1.29, 1.82) is 0 Å². The van der Waals surface area contributed by atoms with Gasteiger partial charge < -0.3 is 15.5 Å². The first-order valence-corrected chi connectivity index (χ1v) is 11.4. The van der Waals surface area contributed by atoms with Gasteiger partial charge in [0.25, 0.3) is 0 Å². The van der Waals surface area contributed by atoms with E-state index in [1.807, 2.05) is 13.0 Å². The van der Waals surface area contributed by atoms with Crippen molar-refractivity contribution in [3.63, 3.8) is 0 Å². The number of primary sulfonamides is 1. The molecule has 1 aromatic carbocycles. The molecule has 0 radical (unpaired) electrons. The molecule has 1 fully saturated rings. The summed E-state index contributed by atoms with van der Waals surface area (Å²) in [5.74, 6) is 0.745. The van der Waals surface area contributed by atoms with Crippen LogP contribution in [-0.2, 0) is 16.6 Å². The van der Waals surface area contributed by atoms with Gasteiger partial charge in [0.1, 0.15) is 0 Å². The summed E-state index contributed by atoms with van der Waals surface area (Å²) < 4.78 is 22.9. The van der Waals surface area contributed by atoms with E-state index in [2.05, 4.69) is 20.5 Å². The van der Waals surface area contributed by atoms with E-state index in [1.165, 1.54) is 44.8 Å². The molecular formula is C19H34IN5O2S. The lowest BCUT2D eigenvalue weighted by molar-refractivity contribution is 0.282. The molecule has 0 bridgehead atoms. The highest BCUT2D eigenvalue weighted by Gasteiger charge is 2.09. The van der Waals surface area contributed by atoms with E-state index in [-0.39, 0.29) is 28.9 Å². The second kappa shape index (κ2) is 13.3. The number of nitrogens with one attached hydrogen (secondary N) is 2. The van der Waals surface area contributed by atoms with Crippen LogP contribution in [0.25, 0.3) is 0 Å². The number of nitrogens with two attached hydrogens (primary N) is 1. The van der Waals surface area contributed by atoms with Crippen molar-refractivity contribution in [3.8, 4) is 0 Å². The quantitative estimate of drug-likeness (QED) is 0.210. The number of rotatable bonds is 8. The van der Waals surface area contributed by atoms with Crippen molar-refractivity contribution in [1.82, 2.24) is 15.5 Å². The first-order valence-electron chi connectivity index (χ1n) is 9.85. The van der Waals surface area contributed by atoms with Crippen molar-refractivity contribution in [2.75, 3.05) is 32.7 Å². The molecule has 4 N–H and O–H groups in total. The maximum atomic E-state index is 11.5. The van der Waals surface area contributed by atoms with Gasteiger partial charge in [-0.25, -0.2) is 18.5 Å². The zero-order valence-electron chi connectivity index (χ0n) is 16.7. The van der Waals surface area contributed by atoms with Gasteiger partial charge >= 0.3 is 0 Å². The average Bonchev–Trinajstić information content (AvgIpc) is 2.91. The van der Waals surface area contributed by atoms with E-state index in [1.54, 1.807) is 12.1 Å². The van der Waals surface area contributed by atoms with E-state index in [4.69, 9.17) is 5.14 Å². The molecular weight excluding hydrogens is 489 g/mol. The minimum absolute atomic E-state index is 0. The van der Waals surface area contributed by atoms with Crippen molar-refractivity contribution in [2.45, 2.75) is 50.5 Å². The van der Waals surface area contributed by atoms with Crippen LogP contribution in [-0.4, -0.2) is 52.0 Å². The number of nitrogens with zero attached hydrogens (tertiary/aromatic N) is 2. The number of likely N-dealkylation sites (tertiary alicyclic amines) is 1. The number of halogens is 1. The lowest BCUT2D eigenvalue weighted by atomic mass is 10.2. The van der Waals surface area contributed by atoms with Crippen molar-refractivity contribution < 1.29 is 8.42 Å². The average molecular weight is 523 g/mol. The summed E-state index contributed by atoms with van der Waals surface area (Å²) in [4.78, 5) is 7.22. The zero-order chi connectivity index (χ0) is 19.5. The SMILES string of the molecule is CCNC(=NCc1cccc(S(N)(=O)=O)c1)NCCCN1CCCCCC1.I. The van der Waals surface area contributed by atoms with Crippen LogP contribution < -0.4 is 15.8 Å². The molecule has 1 heterocycles. The Hall–Kier alpha value is -0.910. The number of hydrogen-bond acceptors (Lipinski definition) is 4. The maximum absolute atomic E-state index is 11.5. The molecule has 1 aliphatic heterocycles. The van der Waals surface area contributed by atoms with Crippen molar-refractivity contribution in [2.24, 2.45) is 10.1 Å². The molecule has 0 saturated carbocycles. The van der Waals surface area contributed by atoms with Crippen LogP contribution in [0.2, 0.25) is 0 Å². The summed E-state index contributed by atoms with van der Waals surface area (Å²) in [6.45, 7) is 7.60. The second-order valence-corrected chi connectivity index (χ2v) is 8.49. The Bertz CT molecular complexity index is 704. The zero-order valence-corrected chi connectivity index (χ0v) is 19.8. The standard InChI is InChI=1S/C19H33N5O2S.HI/c1-2-21-19(22-11-8-14-24-12-5-3-4-6-13-24)23-16-17-9-7-10-18(15-17)27(20,25)26;/h7,9-10,15H,2-6,8,11-14,16H2,1H3,(H2,20,25,26)(H2,21,22,23);1H. The van der Waals surface area contributed by atoms with Crippen LogP contribution in [0.5, 0.6) is 0 Å². The first-order chi connectivity index (χ1) is 13.0. The molecule has 0 spiro atoms. The largest absolute Gasteiger partial charge is 0.357 e. The highest BCUT2D eigenvalue weighted by atomic mass is 127. The molecule has 9 heteroatoms. The van der Waals surface area contributed by atoms with Gasteiger partial charge in [0.05, 0.1) is 11.4 Å². The predicted octanol–water partition coefficient (Wildman–Crippen LogP) is 2.27. The lowest BCUT2D eigenvalue weighted by Gasteiger charge is -2.20. The molecule has 0 aromatic heterocycles.